The number of anilines is 1. The normalized spacial score (nSPS) is 14.5. The second-order valence-corrected chi connectivity index (χ2v) is 11.1. The number of non-ortho nitro benzene ring substituents is 1. The summed E-state index contributed by atoms with van der Waals surface area (Å²) in [5.41, 5.74) is 1.27. The zero-order valence-electron chi connectivity index (χ0n) is 20.0. The monoisotopic (exact) mass is 587 g/mol. The molecule has 3 aromatic carbocycles. The topological polar surface area (TPSA) is 153 Å². The predicted octanol–water partition coefficient (Wildman–Crippen LogP) is 5.21. The number of thioether (sulfide) groups is 1. The van der Waals surface area contributed by atoms with E-state index in [0.717, 1.165) is 16.7 Å². The minimum absolute atomic E-state index is 0.0488. The van der Waals surface area contributed by atoms with E-state index < -0.39 is 26.2 Å². The van der Waals surface area contributed by atoms with Crippen LogP contribution < -0.4 is 9.50 Å². The molecule has 1 N–H and O–H groups in total. The second kappa shape index (κ2) is 11.3. The fourth-order valence-electron chi connectivity index (χ4n) is 3.44. The third-order valence-electron chi connectivity index (χ3n) is 5.28. The Balaban J connectivity index is 1.46. The molecule has 0 radical (unpaired) electrons. The molecule has 39 heavy (non-hydrogen) atoms. The van der Waals surface area contributed by atoms with Gasteiger partial charge < -0.3 is 9.50 Å². The maximum absolute atomic E-state index is 12.8. The van der Waals surface area contributed by atoms with Crippen LogP contribution in [0.5, 0.6) is 5.75 Å². The van der Waals surface area contributed by atoms with Gasteiger partial charge in [-0.15, -0.1) is 0 Å². The number of imide groups is 1. The molecule has 1 aliphatic heterocycles. The summed E-state index contributed by atoms with van der Waals surface area (Å²) in [4.78, 5) is 47.6. The van der Waals surface area contributed by atoms with Gasteiger partial charge in [0.25, 0.3) is 16.8 Å². The molecule has 1 saturated heterocycles. The van der Waals surface area contributed by atoms with Gasteiger partial charge in [-0.05, 0) is 65.4 Å². The van der Waals surface area contributed by atoms with E-state index in [2.05, 4.69) is 5.32 Å². The first kappa shape index (κ1) is 27.8. The van der Waals surface area contributed by atoms with Gasteiger partial charge in [0.1, 0.15) is 4.90 Å². The van der Waals surface area contributed by atoms with Crippen LogP contribution in [0.4, 0.5) is 16.2 Å². The lowest BCUT2D eigenvalue weighted by Crippen LogP contribution is -2.27. The van der Waals surface area contributed by atoms with Crippen molar-refractivity contribution in [2.45, 2.75) is 18.4 Å². The maximum Gasteiger partial charge on any atom is 0.339 e. The molecule has 200 valence electrons. The molecule has 3 amide bonds. The Morgan fingerprint density at radius 2 is 1.77 bits per heavy atom. The van der Waals surface area contributed by atoms with E-state index in [9.17, 15) is 32.9 Å². The molecular weight excluding hydrogens is 570 g/mol. The van der Waals surface area contributed by atoms with Gasteiger partial charge in [0.2, 0.25) is 5.91 Å². The fourth-order valence-corrected chi connectivity index (χ4v) is 5.50. The number of amides is 3. The lowest BCUT2D eigenvalue weighted by molar-refractivity contribution is -0.384. The smallest absolute Gasteiger partial charge is 0.339 e. The van der Waals surface area contributed by atoms with Crippen LogP contribution >= 0.6 is 23.4 Å². The van der Waals surface area contributed by atoms with Crippen molar-refractivity contribution in [1.29, 1.82) is 0 Å². The van der Waals surface area contributed by atoms with Crippen LogP contribution in [0.2, 0.25) is 5.02 Å². The number of carbonyl (C=O) groups excluding carboxylic acids is 3. The lowest BCUT2D eigenvalue weighted by Gasteiger charge is -2.12. The van der Waals surface area contributed by atoms with Gasteiger partial charge in [-0.3, -0.25) is 29.4 Å². The third-order valence-corrected chi connectivity index (χ3v) is 7.73. The molecule has 0 bridgehead atoms. The highest BCUT2D eigenvalue weighted by Gasteiger charge is 2.35. The minimum Gasteiger partial charge on any atom is -0.377 e. The molecule has 0 saturated carbocycles. The van der Waals surface area contributed by atoms with Crippen molar-refractivity contribution in [3.8, 4) is 5.75 Å². The number of nitrogens with zero attached hydrogens (tertiary/aromatic N) is 2. The van der Waals surface area contributed by atoms with E-state index in [-0.39, 0.29) is 38.7 Å². The van der Waals surface area contributed by atoms with Gasteiger partial charge in [0, 0.05) is 24.7 Å². The first-order valence-corrected chi connectivity index (χ1v) is 13.6. The van der Waals surface area contributed by atoms with Crippen molar-refractivity contribution in [1.82, 2.24) is 4.90 Å². The van der Waals surface area contributed by atoms with Gasteiger partial charge in [-0.2, -0.15) is 8.42 Å². The third kappa shape index (κ3) is 6.63. The molecule has 3 aromatic rings. The predicted molar refractivity (Wildman–Crippen MR) is 145 cm³/mol. The van der Waals surface area contributed by atoms with Crippen molar-refractivity contribution >= 4 is 68.0 Å². The van der Waals surface area contributed by atoms with E-state index >= 15 is 0 Å². The average Bonchev–Trinajstić information content (AvgIpc) is 3.13. The van der Waals surface area contributed by atoms with Crippen molar-refractivity contribution in [2.24, 2.45) is 0 Å². The standard InChI is InChI=1S/C25H18ClN3O8S2/c1-15(30)27-18-5-9-20(10-6-18)39(35,36)37-22-11-4-17(12-21(22)26)13-23-24(31)28(25(32)38-23)14-16-2-7-19(8-3-16)29(33)34/h2-13H,14H2,1H3,(H,27,30)/b23-13-. The molecule has 0 aliphatic carbocycles. The van der Waals surface area contributed by atoms with Gasteiger partial charge in [0.05, 0.1) is 21.4 Å². The minimum atomic E-state index is -4.24. The van der Waals surface area contributed by atoms with E-state index in [1.54, 1.807) is 0 Å². The number of nitro benzene ring substituents is 1. The molecular formula is C25H18ClN3O8S2. The number of nitro groups is 1. The Bertz CT molecular complexity index is 1620. The number of benzene rings is 3. The summed E-state index contributed by atoms with van der Waals surface area (Å²) in [6.45, 7) is 1.27. The lowest BCUT2D eigenvalue weighted by atomic mass is 10.2. The summed E-state index contributed by atoms with van der Waals surface area (Å²) in [5.74, 6) is -1.00. The highest BCUT2D eigenvalue weighted by molar-refractivity contribution is 8.18. The average molecular weight is 588 g/mol. The Labute approximate surface area is 231 Å². The molecule has 4 rings (SSSR count). The molecule has 1 heterocycles. The Hall–Kier alpha value is -4.20. The Morgan fingerprint density at radius 1 is 1.10 bits per heavy atom. The fraction of sp³-hybridized carbons (Fsp3) is 0.0800. The molecule has 1 fully saturated rings. The van der Waals surface area contributed by atoms with Crippen LogP contribution in [-0.4, -0.2) is 35.3 Å². The molecule has 1 aliphatic rings. The quantitative estimate of drug-likeness (QED) is 0.162. The molecule has 14 heteroatoms. The zero-order chi connectivity index (χ0) is 28.3. The summed E-state index contributed by atoms with van der Waals surface area (Å²) in [6.07, 6.45) is 1.44. The maximum atomic E-state index is 12.8. The second-order valence-electron chi connectivity index (χ2n) is 8.12. The summed E-state index contributed by atoms with van der Waals surface area (Å²) in [6, 6.07) is 15.1. The molecule has 0 aromatic heterocycles. The van der Waals surface area contributed by atoms with E-state index in [1.165, 1.54) is 79.7 Å². The van der Waals surface area contributed by atoms with E-state index in [4.69, 9.17) is 15.8 Å². The molecule has 0 unspecified atom stereocenters. The van der Waals surface area contributed by atoms with Gasteiger partial charge in [0.15, 0.2) is 5.75 Å². The van der Waals surface area contributed by atoms with Crippen LogP contribution in [0.25, 0.3) is 6.08 Å². The number of rotatable bonds is 8. The highest BCUT2D eigenvalue weighted by atomic mass is 35.5. The van der Waals surface area contributed by atoms with Crippen LogP contribution in [0, 0.1) is 10.1 Å². The summed E-state index contributed by atoms with van der Waals surface area (Å²) < 4.78 is 30.5. The Morgan fingerprint density at radius 3 is 2.36 bits per heavy atom. The van der Waals surface area contributed by atoms with E-state index in [1.807, 2.05) is 0 Å². The summed E-state index contributed by atoms with van der Waals surface area (Å²) >= 11 is 6.96. The van der Waals surface area contributed by atoms with Crippen molar-refractivity contribution in [3.63, 3.8) is 0 Å². The van der Waals surface area contributed by atoms with Gasteiger partial charge >= 0.3 is 10.1 Å². The highest BCUT2D eigenvalue weighted by Crippen LogP contribution is 2.35. The van der Waals surface area contributed by atoms with Crippen LogP contribution in [0.1, 0.15) is 18.1 Å². The van der Waals surface area contributed by atoms with Crippen LogP contribution in [-0.2, 0) is 26.3 Å². The largest absolute Gasteiger partial charge is 0.377 e. The number of hydrogen-bond donors (Lipinski definition) is 1. The molecule has 0 spiro atoms. The van der Waals surface area contributed by atoms with Crippen molar-refractivity contribution in [2.75, 3.05) is 5.32 Å². The first-order valence-electron chi connectivity index (χ1n) is 11.0. The molecule has 11 nitrogen and oxygen atoms in total. The van der Waals surface area contributed by atoms with Crippen LogP contribution in [0.15, 0.2) is 76.5 Å². The number of halogens is 1. The number of carbonyl (C=O) groups is 3. The number of nitrogens with one attached hydrogen (secondary N) is 1. The first-order chi connectivity index (χ1) is 18.4. The van der Waals surface area contributed by atoms with Crippen LogP contribution in [0.3, 0.4) is 0 Å². The van der Waals surface area contributed by atoms with Crippen molar-refractivity contribution in [3.05, 3.63) is 97.9 Å². The van der Waals surface area contributed by atoms with Gasteiger partial charge in [-0.1, -0.05) is 29.8 Å². The van der Waals surface area contributed by atoms with Gasteiger partial charge in [-0.25, -0.2) is 0 Å². The summed E-state index contributed by atoms with van der Waals surface area (Å²) in [5, 5.41) is 12.8. The van der Waals surface area contributed by atoms with E-state index in [0.29, 0.717) is 16.8 Å². The number of hydrogen-bond acceptors (Lipinski definition) is 9. The SMILES string of the molecule is CC(=O)Nc1ccc(S(=O)(=O)Oc2ccc(/C=C3\SC(=O)N(Cc4ccc([N+](=O)[O-])cc4)C3=O)cc2Cl)cc1. The Kier molecular flexibility index (Phi) is 8.04. The molecule has 0 atom stereocenters. The zero-order valence-corrected chi connectivity index (χ0v) is 22.4. The summed E-state index contributed by atoms with van der Waals surface area (Å²) in [7, 11) is -4.24. The van der Waals surface area contributed by atoms with Crippen molar-refractivity contribution < 1.29 is 31.9 Å².